The monoisotopic (exact) mass is 453 g/mol. The predicted molar refractivity (Wildman–Crippen MR) is 133 cm³/mol. The van der Waals surface area contributed by atoms with Gasteiger partial charge < -0.3 is 15.2 Å². The first-order valence-corrected chi connectivity index (χ1v) is 10.6. The number of nitrogens with zero attached hydrogens (tertiary/aromatic N) is 2. The van der Waals surface area contributed by atoms with E-state index in [-0.39, 0.29) is 24.3 Å². The van der Waals surface area contributed by atoms with Crippen LogP contribution in [0.2, 0.25) is 0 Å². The molecule has 1 aromatic heterocycles. The molecule has 0 unspecified atom stereocenters. The smallest absolute Gasteiger partial charge is 0.271 e. The second-order valence-electron chi connectivity index (χ2n) is 7.60. The van der Waals surface area contributed by atoms with Crippen LogP contribution in [-0.2, 0) is 16.1 Å². The molecule has 0 saturated heterocycles. The van der Waals surface area contributed by atoms with Crippen LogP contribution in [0, 0.1) is 0 Å². The van der Waals surface area contributed by atoms with E-state index in [2.05, 4.69) is 21.2 Å². The molecule has 34 heavy (non-hydrogen) atoms. The van der Waals surface area contributed by atoms with Gasteiger partial charge in [0.05, 0.1) is 6.21 Å². The Morgan fingerprint density at radius 2 is 1.53 bits per heavy atom. The molecule has 0 atom stereocenters. The van der Waals surface area contributed by atoms with Gasteiger partial charge in [0.2, 0.25) is 11.8 Å². The number of benzene rings is 3. The van der Waals surface area contributed by atoms with E-state index in [1.165, 1.54) is 6.92 Å². The minimum atomic E-state index is -0.378. The number of anilines is 2. The normalized spacial score (nSPS) is 10.9. The van der Waals surface area contributed by atoms with E-state index in [1.54, 1.807) is 30.5 Å². The summed E-state index contributed by atoms with van der Waals surface area (Å²) in [5.74, 6) is -0.707. The minimum Gasteiger partial charge on any atom is -0.337 e. The summed E-state index contributed by atoms with van der Waals surface area (Å²) < 4.78 is 1.84. The maximum absolute atomic E-state index is 12.5. The molecule has 8 nitrogen and oxygen atoms in total. The molecule has 4 aromatic rings. The number of hydrogen-bond donors (Lipinski definition) is 3. The van der Waals surface area contributed by atoms with Gasteiger partial charge in [-0.05, 0) is 42.5 Å². The average Bonchev–Trinajstić information content (AvgIpc) is 3.17. The lowest BCUT2D eigenvalue weighted by Crippen LogP contribution is -2.18. The fourth-order valence-corrected chi connectivity index (χ4v) is 3.52. The van der Waals surface area contributed by atoms with Crippen LogP contribution in [0.25, 0.3) is 10.9 Å². The summed E-state index contributed by atoms with van der Waals surface area (Å²) in [5, 5.41) is 10.5. The van der Waals surface area contributed by atoms with Crippen LogP contribution in [0.1, 0.15) is 22.8 Å². The van der Waals surface area contributed by atoms with E-state index in [0.29, 0.717) is 11.3 Å². The first-order valence-electron chi connectivity index (χ1n) is 10.6. The van der Waals surface area contributed by atoms with E-state index >= 15 is 0 Å². The van der Waals surface area contributed by atoms with Gasteiger partial charge in [-0.3, -0.25) is 14.4 Å². The lowest BCUT2D eigenvalue weighted by Gasteiger charge is -2.07. The van der Waals surface area contributed by atoms with Gasteiger partial charge in [-0.2, -0.15) is 5.10 Å². The van der Waals surface area contributed by atoms with Crippen LogP contribution in [0.5, 0.6) is 0 Å². The number of hydrogen-bond acceptors (Lipinski definition) is 4. The second-order valence-corrected chi connectivity index (χ2v) is 7.60. The fraction of sp³-hybridized carbons (Fsp3) is 0.0769. The van der Waals surface area contributed by atoms with Crippen molar-refractivity contribution in [2.24, 2.45) is 5.10 Å². The Labute approximate surface area is 196 Å². The third-order valence-electron chi connectivity index (χ3n) is 5.03. The topological polar surface area (TPSA) is 105 Å². The predicted octanol–water partition coefficient (Wildman–Crippen LogP) is 4.00. The number of carbonyl (C=O) groups is 3. The van der Waals surface area contributed by atoms with Gasteiger partial charge in [-0.1, -0.05) is 36.4 Å². The van der Waals surface area contributed by atoms with Crippen LogP contribution < -0.4 is 16.1 Å². The van der Waals surface area contributed by atoms with Crippen molar-refractivity contribution in [3.05, 3.63) is 96.2 Å². The van der Waals surface area contributed by atoms with Crippen molar-refractivity contribution in [2.45, 2.75) is 13.5 Å². The Hall–Kier alpha value is -4.72. The highest BCUT2D eigenvalue weighted by Gasteiger charge is 2.11. The molecule has 1 heterocycles. The number of hydrazone groups is 1. The maximum atomic E-state index is 12.5. The van der Waals surface area contributed by atoms with Crippen LogP contribution >= 0.6 is 0 Å². The van der Waals surface area contributed by atoms with Gasteiger partial charge in [0.25, 0.3) is 5.91 Å². The highest BCUT2D eigenvalue weighted by atomic mass is 16.2. The van der Waals surface area contributed by atoms with Gasteiger partial charge in [-0.25, -0.2) is 5.43 Å². The molecule has 3 N–H and O–H groups in total. The number of amides is 3. The molecule has 0 fully saturated rings. The molecule has 0 aliphatic heterocycles. The molecule has 3 aromatic carbocycles. The minimum absolute atomic E-state index is 0.135. The summed E-state index contributed by atoms with van der Waals surface area (Å²) in [6.07, 6.45) is 3.38. The molecule has 3 amide bonds. The summed E-state index contributed by atoms with van der Waals surface area (Å²) in [7, 11) is 0. The van der Waals surface area contributed by atoms with Crippen molar-refractivity contribution >= 4 is 46.2 Å². The van der Waals surface area contributed by atoms with Gasteiger partial charge >= 0.3 is 0 Å². The Morgan fingerprint density at radius 3 is 2.26 bits per heavy atom. The van der Waals surface area contributed by atoms with Crippen LogP contribution in [0.4, 0.5) is 11.4 Å². The molecule has 0 spiro atoms. The van der Waals surface area contributed by atoms with Crippen molar-refractivity contribution in [3.63, 3.8) is 0 Å². The van der Waals surface area contributed by atoms with Crippen LogP contribution in [-0.4, -0.2) is 28.5 Å². The zero-order chi connectivity index (χ0) is 23.9. The first-order chi connectivity index (χ1) is 16.5. The lowest BCUT2D eigenvalue weighted by molar-refractivity contribution is -0.116. The van der Waals surface area contributed by atoms with E-state index in [4.69, 9.17) is 0 Å². The van der Waals surface area contributed by atoms with Crippen molar-refractivity contribution < 1.29 is 14.4 Å². The lowest BCUT2D eigenvalue weighted by atomic mass is 10.2. The zero-order valence-corrected chi connectivity index (χ0v) is 18.5. The average molecular weight is 454 g/mol. The summed E-state index contributed by atoms with van der Waals surface area (Å²) >= 11 is 0. The largest absolute Gasteiger partial charge is 0.337 e. The number of rotatable bonds is 7. The SMILES string of the molecule is CC(=O)Nc1ccc(C(=O)NN=Cc2cn(CC(=O)Nc3ccccc3)c3ccccc23)cc1. The standard InChI is InChI=1S/C26H23N5O3/c1-18(32)28-22-13-11-19(12-14-22)26(34)30-27-15-20-16-31(24-10-6-5-9-23(20)24)17-25(33)29-21-7-3-2-4-8-21/h2-16H,17H2,1H3,(H,28,32)(H,29,33)(H,30,34). The van der Waals surface area contributed by atoms with Crippen molar-refractivity contribution in [1.82, 2.24) is 9.99 Å². The number of aromatic nitrogens is 1. The van der Waals surface area contributed by atoms with Crippen LogP contribution in [0.15, 0.2) is 90.2 Å². The summed E-state index contributed by atoms with van der Waals surface area (Å²) in [6.45, 7) is 1.55. The Balaban J connectivity index is 1.45. The fourth-order valence-electron chi connectivity index (χ4n) is 3.52. The Kier molecular flexibility index (Phi) is 6.78. The summed E-state index contributed by atoms with van der Waals surface area (Å²) in [5.41, 5.74) is 5.91. The van der Waals surface area contributed by atoms with Gasteiger partial charge in [0, 0.05) is 46.5 Å². The number of nitrogens with one attached hydrogen (secondary N) is 3. The van der Waals surface area contributed by atoms with Gasteiger partial charge in [0.15, 0.2) is 0 Å². The van der Waals surface area contributed by atoms with Crippen molar-refractivity contribution in [1.29, 1.82) is 0 Å². The summed E-state index contributed by atoms with van der Waals surface area (Å²) in [4.78, 5) is 36.0. The van der Waals surface area contributed by atoms with Crippen LogP contribution in [0.3, 0.4) is 0 Å². The molecular weight excluding hydrogens is 430 g/mol. The van der Waals surface area contributed by atoms with Gasteiger partial charge in [0.1, 0.15) is 6.54 Å². The number of fused-ring (bicyclic) bond motifs is 1. The quantitative estimate of drug-likeness (QED) is 0.291. The van der Waals surface area contributed by atoms with E-state index < -0.39 is 0 Å². The third-order valence-corrected chi connectivity index (χ3v) is 5.03. The molecule has 0 aliphatic rings. The maximum Gasteiger partial charge on any atom is 0.271 e. The molecule has 0 radical (unpaired) electrons. The van der Waals surface area contributed by atoms with E-state index in [1.807, 2.05) is 65.4 Å². The molecule has 170 valence electrons. The number of carbonyl (C=O) groups excluding carboxylic acids is 3. The highest BCUT2D eigenvalue weighted by Crippen LogP contribution is 2.20. The van der Waals surface area contributed by atoms with Crippen molar-refractivity contribution in [3.8, 4) is 0 Å². The Bertz CT molecular complexity index is 1360. The van der Waals surface area contributed by atoms with E-state index in [9.17, 15) is 14.4 Å². The molecule has 4 rings (SSSR count). The molecule has 0 saturated carbocycles. The first kappa shape index (κ1) is 22.5. The zero-order valence-electron chi connectivity index (χ0n) is 18.5. The second kappa shape index (κ2) is 10.3. The summed E-state index contributed by atoms with van der Waals surface area (Å²) in [6, 6.07) is 23.5. The molecule has 0 bridgehead atoms. The molecule has 0 aliphatic carbocycles. The molecule has 8 heteroatoms. The van der Waals surface area contributed by atoms with E-state index in [0.717, 1.165) is 22.2 Å². The highest BCUT2D eigenvalue weighted by molar-refractivity contribution is 6.01. The van der Waals surface area contributed by atoms with Gasteiger partial charge in [-0.15, -0.1) is 0 Å². The third kappa shape index (κ3) is 5.55. The van der Waals surface area contributed by atoms with Crippen molar-refractivity contribution in [2.75, 3.05) is 10.6 Å². The Morgan fingerprint density at radius 1 is 0.853 bits per heavy atom. The number of para-hydroxylation sites is 2. The molecular formula is C26H23N5O3.